The third-order valence-corrected chi connectivity index (χ3v) is 4.97. The molecule has 3 aliphatic heterocycles. The predicted molar refractivity (Wildman–Crippen MR) is 73.5 cm³/mol. The van der Waals surface area contributed by atoms with Crippen molar-refractivity contribution < 1.29 is 14.7 Å². The highest BCUT2D eigenvalue weighted by atomic mass is 16.4. The van der Waals surface area contributed by atoms with Crippen LogP contribution in [0.2, 0.25) is 0 Å². The molecule has 3 rings (SSSR count). The number of amides is 2. The number of nitrogens with zero attached hydrogens (tertiary/aromatic N) is 2. The second-order valence-corrected chi connectivity index (χ2v) is 6.21. The molecule has 0 aromatic rings. The zero-order valence-electron chi connectivity index (χ0n) is 11.8. The minimum Gasteiger partial charge on any atom is -0.481 e. The lowest BCUT2D eigenvalue weighted by molar-refractivity contribution is -0.143. The second-order valence-electron chi connectivity index (χ2n) is 6.21. The number of likely N-dealkylation sites (tertiary alicyclic amines) is 1. The van der Waals surface area contributed by atoms with Gasteiger partial charge in [0.2, 0.25) is 0 Å². The van der Waals surface area contributed by atoms with Crippen LogP contribution in [0.5, 0.6) is 0 Å². The highest BCUT2D eigenvalue weighted by Crippen LogP contribution is 2.28. The second kappa shape index (κ2) is 5.60. The lowest BCUT2D eigenvalue weighted by Crippen LogP contribution is -2.51. The Morgan fingerprint density at radius 3 is 2.65 bits per heavy atom. The molecule has 0 aromatic carbocycles. The van der Waals surface area contributed by atoms with Gasteiger partial charge in [0.1, 0.15) is 0 Å². The van der Waals surface area contributed by atoms with Gasteiger partial charge in [-0.1, -0.05) is 0 Å². The third-order valence-electron chi connectivity index (χ3n) is 4.97. The lowest BCUT2D eigenvalue weighted by Gasteiger charge is -2.32. The molecule has 3 aliphatic rings. The van der Waals surface area contributed by atoms with Crippen LogP contribution < -0.4 is 5.32 Å². The Morgan fingerprint density at radius 2 is 1.85 bits per heavy atom. The zero-order chi connectivity index (χ0) is 14.1. The van der Waals surface area contributed by atoms with E-state index in [1.807, 2.05) is 0 Å². The standard InChI is InChI=1S/C14H23N3O3/c18-13(19)10-3-1-7-17(9-10)14(20)15-11-5-8-16-6-2-4-12(11)16/h10-12H,1-9H2,(H,15,20)(H,18,19)/t10-,11?,12?/m0/s1. The summed E-state index contributed by atoms with van der Waals surface area (Å²) in [6, 6.07) is 0.670. The molecule has 112 valence electrons. The van der Waals surface area contributed by atoms with Gasteiger partial charge in [0.05, 0.1) is 5.92 Å². The number of aliphatic carboxylic acids is 1. The summed E-state index contributed by atoms with van der Waals surface area (Å²) in [5.74, 6) is -1.19. The predicted octanol–water partition coefficient (Wildman–Crippen LogP) is 0.729. The van der Waals surface area contributed by atoms with E-state index in [1.165, 1.54) is 12.8 Å². The van der Waals surface area contributed by atoms with Crippen LogP contribution in [0.25, 0.3) is 0 Å². The van der Waals surface area contributed by atoms with Gasteiger partial charge in [-0.2, -0.15) is 0 Å². The topological polar surface area (TPSA) is 72.9 Å². The quantitative estimate of drug-likeness (QED) is 0.782. The van der Waals surface area contributed by atoms with Gasteiger partial charge < -0.3 is 15.3 Å². The molecule has 0 radical (unpaired) electrons. The van der Waals surface area contributed by atoms with E-state index >= 15 is 0 Å². The number of nitrogens with one attached hydrogen (secondary N) is 1. The van der Waals surface area contributed by atoms with Crippen molar-refractivity contribution in [2.45, 2.75) is 44.2 Å². The first-order valence-corrected chi connectivity index (χ1v) is 7.67. The van der Waals surface area contributed by atoms with Crippen LogP contribution in [-0.4, -0.2) is 65.2 Å². The number of urea groups is 1. The fourth-order valence-electron chi connectivity index (χ4n) is 3.86. The summed E-state index contributed by atoms with van der Waals surface area (Å²) in [6.07, 6.45) is 4.88. The molecule has 20 heavy (non-hydrogen) atoms. The van der Waals surface area contributed by atoms with E-state index in [0.29, 0.717) is 25.6 Å². The zero-order valence-corrected chi connectivity index (χ0v) is 11.8. The van der Waals surface area contributed by atoms with Gasteiger partial charge in [0, 0.05) is 31.7 Å². The number of carboxylic acid groups (broad SMARTS) is 1. The molecular weight excluding hydrogens is 258 g/mol. The van der Waals surface area contributed by atoms with Crippen LogP contribution in [0, 0.1) is 5.92 Å². The Hall–Kier alpha value is -1.30. The molecule has 3 heterocycles. The van der Waals surface area contributed by atoms with Gasteiger partial charge in [0.25, 0.3) is 0 Å². The van der Waals surface area contributed by atoms with Gasteiger partial charge in [-0.15, -0.1) is 0 Å². The molecule has 3 fully saturated rings. The average molecular weight is 281 g/mol. The number of piperidine rings is 1. The monoisotopic (exact) mass is 281 g/mol. The van der Waals surface area contributed by atoms with Gasteiger partial charge in [0.15, 0.2) is 0 Å². The Labute approximate surface area is 119 Å². The number of hydrogen-bond acceptors (Lipinski definition) is 3. The normalized spacial score (nSPS) is 34.0. The van der Waals surface area contributed by atoms with Gasteiger partial charge in [-0.3, -0.25) is 9.69 Å². The number of carboxylic acids is 1. The fraction of sp³-hybridized carbons (Fsp3) is 0.857. The molecule has 3 atom stereocenters. The first-order chi connectivity index (χ1) is 9.65. The number of carbonyl (C=O) groups is 2. The molecule has 0 saturated carbocycles. The molecular formula is C14H23N3O3. The smallest absolute Gasteiger partial charge is 0.317 e. The number of rotatable bonds is 2. The molecule has 0 aliphatic carbocycles. The first kappa shape index (κ1) is 13.7. The van der Waals surface area contributed by atoms with E-state index in [9.17, 15) is 9.59 Å². The molecule has 2 amide bonds. The SMILES string of the molecule is O=C(O)[C@H]1CCCN(C(=O)NC2CCN3CCCC23)C1. The average Bonchev–Trinajstić information content (AvgIpc) is 3.04. The molecule has 6 nitrogen and oxygen atoms in total. The van der Waals surface area contributed by atoms with E-state index in [4.69, 9.17) is 5.11 Å². The lowest BCUT2D eigenvalue weighted by atomic mass is 9.98. The van der Waals surface area contributed by atoms with Crippen LogP contribution in [0.15, 0.2) is 0 Å². The first-order valence-electron chi connectivity index (χ1n) is 7.67. The maximum Gasteiger partial charge on any atom is 0.317 e. The van der Waals surface area contributed by atoms with Gasteiger partial charge in [-0.05, 0) is 38.6 Å². The van der Waals surface area contributed by atoms with E-state index in [2.05, 4.69) is 10.2 Å². The summed E-state index contributed by atoms with van der Waals surface area (Å²) >= 11 is 0. The Kier molecular flexibility index (Phi) is 3.83. The van der Waals surface area contributed by atoms with Crippen LogP contribution in [-0.2, 0) is 4.79 Å². The maximum atomic E-state index is 12.3. The molecule has 3 saturated heterocycles. The summed E-state index contributed by atoms with van der Waals surface area (Å²) in [5, 5.41) is 12.2. The minimum atomic E-state index is -0.787. The molecule has 0 bridgehead atoms. The van der Waals surface area contributed by atoms with Crippen LogP contribution >= 0.6 is 0 Å². The summed E-state index contributed by atoms with van der Waals surface area (Å²) in [7, 11) is 0. The number of hydrogen-bond donors (Lipinski definition) is 2. The van der Waals surface area contributed by atoms with Gasteiger partial charge >= 0.3 is 12.0 Å². The summed E-state index contributed by atoms with van der Waals surface area (Å²) in [5.41, 5.74) is 0. The van der Waals surface area contributed by atoms with Crippen molar-refractivity contribution in [2.24, 2.45) is 5.92 Å². The van der Waals surface area contributed by atoms with Crippen LogP contribution in [0.1, 0.15) is 32.1 Å². The van der Waals surface area contributed by atoms with Crippen molar-refractivity contribution in [1.29, 1.82) is 0 Å². The van der Waals surface area contributed by atoms with Crippen molar-refractivity contribution in [3.05, 3.63) is 0 Å². The molecule has 2 unspecified atom stereocenters. The molecule has 2 N–H and O–H groups in total. The van der Waals surface area contributed by atoms with E-state index in [-0.39, 0.29) is 12.1 Å². The Bertz CT molecular complexity index is 401. The maximum absolute atomic E-state index is 12.3. The minimum absolute atomic E-state index is 0.0744. The van der Waals surface area contributed by atoms with Crippen molar-refractivity contribution in [1.82, 2.24) is 15.1 Å². The van der Waals surface area contributed by atoms with Crippen molar-refractivity contribution in [2.75, 3.05) is 26.2 Å². The fourth-order valence-corrected chi connectivity index (χ4v) is 3.86. The Morgan fingerprint density at radius 1 is 1.05 bits per heavy atom. The summed E-state index contributed by atoms with van der Waals surface area (Å²) < 4.78 is 0. The molecule has 0 spiro atoms. The van der Waals surface area contributed by atoms with Crippen molar-refractivity contribution >= 4 is 12.0 Å². The molecule has 6 heteroatoms. The van der Waals surface area contributed by atoms with E-state index in [1.54, 1.807) is 4.90 Å². The highest BCUT2D eigenvalue weighted by molar-refractivity contribution is 5.77. The van der Waals surface area contributed by atoms with Gasteiger partial charge in [-0.25, -0.2) is 4.79 Å². The van der Waals surface area contributed by atoms with Crippen LogP contribution in [0.3, 0.4) is 0 Å². The Balaban J connectivity index is 1.55. The van der Waals surface area contributed by atoms with Crippen molar-refractivity contribution in [3.8, 4) is 0 Å². The van der Waals surface area contributed by atoms with Crippen LogP contribution in [0.4, 0.5) is 4.79 Å². The van der Waals surface area contributed by atoms with Crippen molar-refractivity contribution in [3.63, 3.8) is 0 Å². The summed E-state index contributed by atoms with van der Waals surface area (Å²) in [6.45, 7) is 3.26. The molecule has 0 aromatic heterocycles. The third kappa shape index (κ3) is 2.61. The number of fused-ring (bicyclic) bond motifs is 1. The van der Waals surface area contributed by atoms with E-state index in [0.717, 1.165) is 25.9 Å². The summed E-state index contributed by atoms with van der Waals surface area (Å²) in [4.78, 5) is 27.5. The van der Waals surface area contributed by atoms with E-state index < -0.39 is 11.9 Å². The number of carbonyl (C=O) groups excluding carboxylic acids is 1. The highest BCUT2D eigenvalue weighted by Gasteiger charge is 2.39. The largest absolute Gasteiger partial charge is 0.481 e.